The molecule has 66 valence electrons. The molecule has 1 aliphatic heterocycles. The molecule has 3 nitrogen and oxygen atoms in total. The lowest BCUT2D eigenvalue weighted by Gasteiger charge is -2.37. The van der Waals surface area contributed by atoms with Gasteiger partial charge in [0.05, 0.1) is 13.1 Å². The Hall–Kier alpha value is -0.120. The van der Waals surface area contributed by atoms with Crippen LogP contribution in [-0.2, 0) is 0 Å². The van der Waals surface area contributed by atoms with Crippen LogP contribution in [0.15, 0.2) is 0 Å². The zero-order valence-corrected chi connectivity index (χ0v) is 7.31. The first-order valence-electron chi connectivity index (χ1n) is 4.60. The summed E-state index contributed by atoms with van der Waals surface area (Å²) in [6.07, 6.45) is 4.44. The van der Waals surface area contributed by atoms with Gasteiger partial charge in [-0.25, -0.2) is 0 Å². The van der Waals surface area contributed by atoms with Crippen LogP contribution < -0.4 is 5.43 Å². The highest BCUT2D eigenvalue weighted by Crippen LogP contribution is 2.13. The Kier molecular flexibility index (Phi) is 3.30. The molecule has 1 aliphatic rings. The Morgan fingerprint density at radius 2 is 2.00 bits per heavy atom. The quantitative estimate of drug-likeness (QED) is 0.381. The molecule has 0 aromatic rings. The summed E-state index contributed by atoms with van der Waals surface area (Å²) in [4.78, 5) is 0. The minimum Gasteiger partial charge on any atom is -0.612 e. The highest BCUT2D eigenvalue weighted by molar-refractivity contribution is 4.51. The van der Waals surface area contributed by atoms with Crippen LogP contribution >= 0.6 is 0 Å². The van der Waals surface area contributed by atoms with E-state index in [2.05, 4.69) is 12.3 Å². The van der Waals surface area contributed by atoms with Gasteiger partial charge in [0.15, 0.2) is 0 Å². The van der Waals surface area contributed by atoms with E-state index in [0.29, 0.717) is 0 Å². The zero-order valence-electron chi connectivity index (χ0n) is 7.31. The third-order valence-electron chi connectivity index (χ3n) is 2.22. The van der Waals surface area contributed by atoms with E-state index in [1.54, 1.807) is 0 Å². The van der Waals surface area contributed by atoms with E-state index in [1.165, 1.54) is 0 Å². The Labute approximate surface area is 68.5 Å². The van der Waals surface area contributed by atoms with E-state index in [-0.39, 0.29) is 4.76 Å². The molecule has 0 bridgehead atoms. The number of nitrogens with zero attached hydrogens (tertiary/aromatic N) is 1. The molecule has 0 radical (unpaired) electrons. The minimum absolute atomic E-state index is 0.139. The van der Waals surface area contributed by atoms with E-state index in [4.69, 9.17) is 0 Å². The highest BCUT2D eigenvalue weighted by Gasteiger charge is 2.21. The van der Waals surface area contributed by atoms with Crippen molar-refractivity contribution in [3.05, 3.63) is 5.21 Å². The molecule has 0 amide bonds. The van der Waals surface area contributed by atoms with Crippen LogP contribution in [0, 0.1) is 5.21 Å². The molecule has 0 aromatic heterocycles. The van der Waals surface area contributed by atoms with Gasteiger partial charge < -0.3 is 5.21 Å². The molecule has 0 unspecified atom stereocenters. The highest BCUT2D eigenvalue weighted by atomic mass is 16.6. The van der Waals surface area contributed by atoms with Crippen LogP contribution in [0.5, 0.6) is 0 Å². The van der Waals surface area contributed by atoms with Gasteiger partial charge in [-0.05, 0) is 6.42 Å². The van der Waals surface area contributed by atoms with Crippen molar-refractivity contribution < 1.29 is 4.76 Å². The molecule has 1 N–H and O–H groups in total. The number of hydrogen-bond donors (Lipinski definition) is 1. The molecule has 1 saturated heterocycles. The maximum Gasteiger partial charge on any atom is 0.0962 e. The molecule has 3 heteroatoms. The summed E-state index contributed by atoms with van der Waals surface area (Å²) >= 11 is 0. The van der Waals surface area contributed by atoms with Crippen LogP contribution in [0.1, 0.15) is 32.6 Å². The lowest BCUT2D eigenvalue weighted by molar-refractivity contribution is -0.913. The minimum atomic E-state index is -0.139. The fourth-order valence-electron chi connectivity index (χ4n) is 1.46. The van der Waals surface area contributed by atoms with Crippen LogP contribution in [0.3, 0.4) is 0 Å². The number of rotatable bonds is 4. The number of hydroxylamine groups is 2. The number of quaternary nitrogens is 1. The summed E-state index contributed by atoms with van der Waals surface area (Å²) in [5.74, 6) is 0. The van der Waals surface area contributed by atoms with Gasteiger partial charge in [-0.15, -0.1) is 0 Å². The standard InChI is InChI=1S/C8H18N2O/c1-2-3-6-9-10(11)7-4-5-8-10/h9H,2-8H2,1H3. The van der Waals surface area contributed by atoms with Gasteiger partial charge in [-0.1, -0.05) is 13.3 Å². The second-order valence-electron chi connectivity index (χ2n) is 3.31. The van der Waals surface area contributed by atoms with Crippen molar-refractivity contribution in [2.45, 2.75) is 32.6 Å². The fourth-order valence-corrected chi connectivity index (χ4v) is 1.46. The molecule has 0 spiro atoms. The summed E-state index contributed by atoms with van der Waals surface area (Å²) in [6, 6.07) is 0. The van der Waals surface area contributed by atoms with Crippen molar-refractivity contribution in [3.63, 3.8) is 0 Å². The van der Waals surface area contributed by atoms with Crippen molar-refractivity contribution >= 4 is 0 Å². The van der Waals surface area contributed by atoms with Crippen molar-refractivity contribution in [1.82, 2.24) is 5.43 Å². The predicted molar refractivity (Wildman–Crippen MR) is 45.5 cm³/mol. The normalized spacial score (nSPS) is 22.4. The van der Waals surface area contributed by atoms with E-state index < -0.39 is 0 Å². The topological polar surface area (TPSA) is 35.1 Å². The Morgan fingerprint density at radius 1 is 1.36 bits per heavy atom. The summed E-state index contributed by atoms with van der Waals surface area (Å²) in [5.41, 5.74) is 3.04. The maximum absolute atomic E-state index is 11.6. The van der Waals surface area contributed by atoms with E-state index in [9.17, 15) is 5.21 Å². The van der Waals surface area contributed by atoms with Crippen molar-refractivity contribution in [1.29, 1.82) is 0 Å². The van der Waals surface area contributed by atoms with Gasteiger partial charge in [-0.3, -0.25) is 4.76 Å². The summed E-state index contributed by atoms with van der Waals surface area (Å²) < 4.78 is -0.139. The van der Waals surface area contributed by atoms with Gasteiger partial charge in [0, 0.05) is 19.4 Å². The average molecular weight is 158 g/mol. The molecule has 0 aromatic carbocycles. The van der Waals surface area contributed by atoms with Crippen LogP contribution in [-0.4, -0.2) is 24.4 Å². The van der Waals surface area contributed by atoms with Crippen molar-refractivity contribution in [2.24, 2.45) is 0 Å². The van der Waals surface area contributed by atoms with Crippen LogP contribution in [0.25, 0.3) is 0 Å². The third-order valence-corrected chi connectivity index (χ3v) is 2.22. The molecule has 0 atom stereocenters. The molecule has 1 heterocycles. The van der Waals surface area contributed by atoms with E-state index in [1.807, 2.05) is 0 Å². The summed E-state index contributed by atoms with van der Waals surface area (Å²) in [5, 5.41) is 11.6. The zero-order chi connectivity index (χ0) is 8.16. The number of hydrogen-bond acceptors (Lipinski definition) is 2. The van der Waals surface area contributed by atoms with Crippen molar-refractivity contribution in [3.8, 4) is 0 Å². The molecule has 1 rings (SSSR count). The van der Waals surface area contributed by atoms with Gasteiger partial charge in [0.25, 0.3) is 0 Å². The lowest BCUT2D eigenvalue weighted by atomic mass is 10.3. The Morgan fingerprint density at radius 3 is 2.55 bits per heavy atom. The first kappa shape index (κ1) is 8.97. The Balaban J connectivity index is 2.13. The SMILES string of the molecule is CCCCN[N+]1([O-])CCCC1. The molecule has 1 fully saturated rings. The molecular formula is C8H18N2O. The summed E-state index contributed by atoms with van der Waals surface area (Å²) in [7, 11) is 0. The van der Waals surface area contributed by atoms with E-state index in [0.717, 1.165) is 45.3 Å². The third kappa shape index (κ3) is 2.77. The monoisotopic (exact) mass is 158 g/mol. The first-order chi connectivity index (χ1) is 5.27. The second-order valence-corrected chi connectivity index (χ2v) is 3.31. The number of unbranched alkanes of at least 4 members (excludes halogenated alkanes) is 1. The van der Waals surface area contributed by atoms with Gasteiger partial charge in [0.2, 0.25) is 0 Å². The van der Waals surface area contributed by atoms with Crippen LogP contribution in [0.4, 0.5) is 0 Å². The van der Waals surface area contributed by atoms with Crippen LogP contribution in [0.2, 0.25) is 0 Å². The number of nitrogens with one attached hydrogen (secondary N) is 1. The van der Waals surface area contributed by atoms with Crippen molar-refractivity contribution in [2.75, 3.05) is 19.6 Å². The lowest BCUT2D eigenvalue weighted by Crippen LogP contribution is -2.51. The largest absolute Gasteiger partial charge is 0.612 e. The maximum atomic E-state index is 11.6. The molecular weight excluding hydrogens is 140 g/mol. The Bertz CT molecular complexity index is 111. The average Bonchev–Trinajstić information content (AvgIpc) is 2.38. The van der Waals surface area contributed by atoms with Gasteiger partial charge in [0.1, 0.15) is 0 Å². The summed E-state index contributed by atoms with van der Waals surface area (Å²) in [6.45, 7) is 4.55. The van der Waals surface area contributed by atoms with E-state index >= 15 is 0 Å². The smallest absolute Gasteiger partial charge is 0.0962 e. The van der Waals surface area contributed by atoms with Gasteiger partial charge in [-0.2, -0.15) is 5.43 Å². The molecule has 11 heavy (non-hydrogen) atoms. The second kappa shape index (κ2) is 4.04. The fraction of sp³-hybridized carbons (Fsp3) is 1.00. The molecule has 0 saturated carbocycles. The van der Waals surface area contributed by atoms with Gasteiger partial charge >= 0.3 is 0 Å². The molecule has 0 aliphatic carbocycles. The first-order valence-corrected chi connectivity index (χ1v) is 4.60. The predicted octanol–water partition coefficient (Wildman–Crippen LogP) is 1.40.